The summed E-state index contributed by atoms with van der Waals surface area (Å²) in [7, 11) is 1.82. The number of nitrogens with one attached hydrogen (secondary N) is 2. The molecule has 3 heterocycles. The van der Waals surface area contributed by atoms with Gasteiger partial charge in [-0.2, -0.15) is 0 Å². The molecule has 140 valence electrons. The minimum Gasteiger partial charge on any atom is -0.355 e. The Hall–Kier alpha value is -1.63. The van der Waals surface area contributed by atoms with Gasteiger partial charge in [0, 0.05) is 39.1 Å². The van der Waals surface area contributed by atoms with E-state index in [1.165, 1.54) is 45.1 Å². The van der Waals surface area contributed by atoms with E-state index in [0.29, 0.717) is 6.54 Å². The Morgan fingerprint density at radius 3 is 2.88 bits per heavy atom. The minimum absolute atomic E-state index is 0.675. The number of hydrogen-bond donors (Lipinski definition) is 2. The van der Waals surface area contributed by atoms with Crippen LogP contribution in [0.3, 0.4) is 0 Å². The fraction of sp³-hybridized carbons (Fsp3) is 0.833. The predicted octanol–water partition coefficient (Wildman–Crippen LogP) is 1.54. The summed E-state index contributed by atoms with van der Waals surface area (Å²) < 4.78 is 2.25. The van der Waals surface area contributed by atoms with Gasteiger partial charge < -0.3 is 15.2 Å². The quantitative estimate of drug-likeness (QED) is 0.603. The third-order valence-corrected chi connectivity index (χ3v) is 5.49. The fourth-order valence-electron chi connectivity index (χ4n) is 4.02. The highest BCUT2D eigenvalue weighted by Crippen LogP contribution is 2.18. The van der Waals surface area contributed by atoms with Crippen LogP contribution < -0.4 is 10.6 Å². The number of aliphatic imine (C=N–C) groups is 1. The minimum atomic E-state index is 0.675. The molecule has 0 saturated carbocycles. The van der Waals surface area contributed by atoms with E-state index >= 15 is 0 Å². The maximum atomic E-state index is 4.34. The van der Waals surface area contributed by atoms with Crippen LogP contribution in [0.15, 0.2) is 4.99 Å². The van der Waals surface area contributed by atoms with Gasteiger partial charge in [-0.05, 0) is 38.6 Å². The molecular formula is C18H33N7. The lowest BCUT2D eigenvalue weighted by atomic mass is 10.0. The lowest BCUT2D eigenvalue weighted by Gasteiger charge is -2.35. The number of nitrogens with zero attached hydrogens (tertiary/aromatic N) is 5. The molecule has 2 N–H and O–H groups in total. The van der Waals surface area contributed by atoms with Crippen molar-refractivity contribution in [3.8, 4) is 0 Å². The van der Waals surface area contributed by atoms with Crippen LogP contribution in [0.25, 0.3) is 0 Å². The Morgan fingerprint density at radius 1 is 1.16 bits per heavy atom. The summed E-state index contributed by atoms with van der Waals surface area (Å²) in [5.41, 5.74) is 0. The molecule has 0 radical (unpaired) electrons. The largest absolute Gasteiger partial charge is 0.355 e. The Morgan fingerprint density at radius 2 is 2.04 bits per heavy atom. The smallest absolute Gasteiger partial charge is 0.191 e. The normalized spacial score (nSPS) is 21.8. The van der Waals surface area contributed by atoms with Crippen molar-refractivity contribution in [1.29, 1.82) is 0 Å². The highest BCUT2D eigenvalue weighted by atomic mass is 15.3. The standard InChI is InChI=1S/C18H33N7/c1-3-15-8-4-6-11-24(15)13-10-20-18(19-2)21-14-17-23-22-16-9-5-7-12-25(16)17/h15H,3-14H2,1-2H3,(H2,19,20,21). The summed E-state index contributed by atoms with van der Waals surface area (Å²) in [5, 5.41) is 15.5. The zero-order valence-electron chi connectivity index (χ0n) is 15.8. The Labute approximate surface area is 151 Å². The third-order valence-electron chi connectivity index (χ3n) is 5.49. The first-order valence-corrected chi connectivity index (χ1v) is 9.91. The van der Waals surface area contributed by atoms with Crippen molar-refractivity contribution in [1.82, 2.24) is 30.3 Å². The first-order chi connectivity index (χ1) is 12.3. The monoisotopic (exact) mass is 347 g/mol. The molecule has 0 aromatic carbocycles. The van der Waals surface area contributed by atoms with Crippen molar-refractivity contribution in [3.63, 3.8) is 0 Å². The lowest BCUT2D eigenvalue weighted by molar-refractivity contribution is 0.147. The summed E-state index contributed by atoms with van der Waals surface area (Å²) in [6.07, 6.45) is 8.82. The number of piperidine rings is 1. The predicted molar refractivity (Wildman–Crippen MR) is 101 cm³/mol. The summed E-state index contributed by atoms with van der Waals surface area (Å²) in [5.74, 6) is 2.99. The van der Waals surface area contributed by atoms with E-state index in [2.05, 4.69) is 42.2 Å². The van der Waals surface area contributed by atoms with Gasteiger partial charge in [0.05, 0.1) is 6.54 Å². The van der Waals surface area contributed by atoms with E-state index in [0.717, 1.165) is 49.7 Å². The summed E-state index contributed by atoms with van der Waals surface area (Å²) in [6.45, 7) is 7.26. The van der Waals surface area contributed by atoms with E-state index in [-0.39, 0.29) is 0 Å². The molecule has 2 aliphatic rings. The average molecular weight is 348 g/mol. The van der Waals surface area contributed by atoms with Crippen LogP contribution in [0.1, 0.15) is 57.1 Å². The van der Waals surface area contributed by atoms with Crippen LogP contribution in [0.2, 0.25) is 0 Å². The summed E-state index contributed by atoms with van der Waals surface area (Å²) in [6, 6.07) is 0.757. The number of hydrogen-bond acceptors (Lipinski definition) is 4. The summed E-state index contributed by atoms with van der Waals surface area (Å²) in [4.78, 5) is 6.96. The molecule has 1 fully saturated rings. The van der Waals surface area contributed by atoms with Crippen molar-refractivity contribution in [2.24, 2.45) is 4.99 Å². The van der Waals surface area contributed by atoms with Gasteiger partial charge >= 0.3 is 0 Å². The van der Waals surface area contributed by atoms with E-state index in [4.69, 9.17) is 0 Å². The van der Waals surface area contributed by atoms with E-state index in [1.54, 1.807) is 0 Å². The van der Waals surface area contributed by atoms with Gasteiger partial charge in [-0.15, -0.1) is 10.2 Å². The van der Waals surface area contributed by atoms with Crippen molar-refractivity contribution in [2.45, 2.75) is 71.0 Å². The van der Waals surface area contributed by atoms with E-state index < -0.39 is 0 Å². The first kappa shape index (κ1) is 18.2. The Balaban J connectivity index is 1.43. The van der Waals surface area contributed by atoms with E-state index in [9.17, 15) is 0 Å². The van der Waals surface area contributed by atoms with Gasteiger partial charge in [0.1, 0.15) is 5.82 Å². The molecule has 1 unspecified atom stereocenters. The number of guanidine groups is 1. The second kappa shape index (κ2) is 9.17. The molecule has 1 aromatic heterocycles. The van der Waals surface area contributed by atoms with Crippen molar-refractivity contribution < 1.29 is 0 Å². The zero-order valence-corrected chi connectivity index (χ0v) is 15.8. The maximum Gasteiger partial charge on any atom is 0.191 e. The second-order valence-electron chi connectivity index (χ2n) is 7.09. The number of aryl methyl sites for hydroxylation is 1. The van der Waals surface area contributed by atoms with Gasteiger partial charge in [-0.3, -0.25) is 9.89 Å². The van der Waals surface area contributed by atoms with Crippen LogP contribution in [-0.2, 0) is 19.5 Å². The van der Waals surface area contributed by atoms with Gasteiger partial charge in [0.2, 0.25) is 0 Å². The maximum absolute atomic E-state index is 4.34. The highest BCUT2D eigenvalue weighted by molar-refractivity contribution is 5.79. The number of aromatic nitrogens is 3. The van der Waals surface area contributed by atoms with Gasteiger partial charge in [-0.1, -0.05) is 13.3 Å². The van der Waals surface area contributed by atoms with Gasteiger partial charge in [0.15, 0.2) is 11.8 Å². The second-order valence-corrected chi connectivity index (χ2v) is 7.09. The molecule has 2 aliphatic heterocycles. The SMILES string of the molecule is CCC1CCCCN1CCNC(=NC)NCc1nnc2n1CCCC2. The van der Waals surface area contributed by atoms with Crippen LogP contribution >= 0.6 is 0 Å². The first-order valence-electron chi connectivity index (χ1n) is 9.91. The third kappa shape index (κ3) is 4.71. The lowest BCUT2D eigenvalue weighted by Crippen LogP contribution is -2.45. The number of likely N-dealkylation sites (tertiary alicyclic amines) is 1. The molecule has 3 rings (SSSR count). The Kier molecular flexibility index (Phi) is 6.67. The molecule has 0 amide bonds. The van der Waals surface area contributed by atoms with E-state index in [1.807, 2.05) is 7.05 Å². The van der Waals surface area contributed by atoms with Crippen LogP contribution in [0.5, 0.6) is 0 Å². The van der Waals surface area contributed by atoms with Crippen molar-refractivity contribution >= 4 is 5.96 Å². The van der Waals surface area contributed by atoms with Gasteiger partial charge in [0.25, 0.3) is 0 Å². The molecular weight excluding hydrogens is 314 g/mol. The molecule has 1 saturated heterocycles. The molecule has 0 aliphatic carbocycles. The molecule has 1 aromatic rings. The van der Waals surface area contributed by atoms with Crippen LogP contribution in [-0.4, -0.2) is 58.3 Å². The van der Waals surface area contributed by atoms with Crippen LogP contribution in [0, 0.1) is 0 Å². The Bertz CT molecular complexity index is 566. The highest BCUT2D eigenvalue weighted by Gasteiger charge is 2.20. The van der Waals surface area contributed by atoms with Crippen molar-refractivity contribution in [2.75, 3.05) is 26.7 Å². The van der Waals surface area contributed by atoms with Crippen molar-refractivity contribution in [3.05, 3.63) is 11.6 Å². The van der Waals surface area contributed by atoms with Gasteiger partial charge in [-0.25, -0.2) is 0 Å². The number of fused-ring (bicyclic) bond motifs is 1. The molecule has 25 heavy (non-hydrogen) atoms. The molecule has 7 heteroatoms. The van der Waals surface area contributed by atoms with Crippen LogP contribution in [0.4, 0.5) is 0 Å². The zero-order chi connectivity index (χ0) is 17.5. The topological polar surface area (TPSA) is 70.4 Å². The molecule has 7 nitrogen and oxygen atoms in total. The molecule has 0 spiro atoms. The average Bonchev–Trinajstić information content (AvgIpc) is 3.08. The number of rotatable bonds is 6. The summed E-state index contributed by atoms with van der Waals surface area (Å²) >= 11 is 0. The molecule has 0 bridgehead atoms. The molecule has 1 atom stereocenters. The fourth-order valence-corrected chi connectivity index (χ4v) is 4.02.